The molecule has 66 valence electrons. The number of nitrogens with one attached hydrogen (secondary N) is 1. The third-order valence-electron chi connectivity index (χ3n) is 1.61. The van der Waals surface area contributed by atoms with Gasteiger partial charge in [0.2, 0.25) is 0 Å². The molecule has 0 aromatic carbocycles. The molecule has 0 aromatic rings. The quantitative estimate of drug-likeness (QED) is 0.665. The fourth-order valence-electron chi connectivity index (χ4n) is 0.566. The van der Waals surface area contributed by atoms with Crippen molar-refractivity contribution in [2.75, 3.05) is 14.2 Å². The zero-order valence-corrected chi connectivity index (χ0v) is 7.38. The first-order chi connectivity index (χ1) is 5.11. The molecule has 0 aliphatic heterocycles. The molecular weight excluding hydrogens is 146 g/mol. The van der Waals surface area contributed by atoms with Crippen molar-refractivity contribution in [2.24, 2.45) is 0 Å². The van der Waals surface area contributed by atoms with E-state index >= 15 is 0 Å². The lowest BCUT2D eigenvalue weighted by Crippen LogP contribution is -2.40. The van der Waals surface area contributed by atoms with E-state index in [1.54, 1.807) is 7.11 Å². The second-order valence-electron chi connectivity index (χ2n) is 2.37. The van der Waals surface area contributed by atoms with Crippen molar-refractivity contribution in [3.8, 4) is 0 Å². The van der Waals surface area contributed by atoms with Gasteiger partial charge in [-0.1, -0.05) is 0 Å². The summed E-state index contributed by atoms with van der Waals surface area (Å²) in [6.07, 6.45) is -0.435. The van der Waals surface area contributed by atoms with Crippen LogP contribution in [0.3, 0.4) is 0 Å². The van der Waals surface area contributed by atoms with E-state index in [4.69, 9.17) is 4.74 Å². The maximum atomic E-state index is 10.7. The second kappa shape index (κ2) is 4.96. The first-order valence-electron chi connectivity index (χ1n) is 3.49. The summed E-state index contributed by atoms with van der Waals surface area (Å²) < 4.78 is 9.40. The highest BCUT2D eigenvalue weighted by molar-refractivity contribution is 5.67. The molecule has 11 heavy (non-hydrogen) atoms. The predicted octanol–water partition coefficient (Wildman–Crippen LogP) is 0.766. The van der Waals surface area contributed by atoms with Gasteiger partial charge in [-0.25, -0.2) is 4.79 Å². The average Bonchev–Trinajstić information content (AvgIpc) is 2.02. The molecule has 2 atom stereocenters. The van der Waals surface area contributed by atoms with Crippen molar-refractivity contribution in [1.29, 1.82) is 0 Å². The molecule has 0 heterocycles. The van der Waals surface area contributed by atoms with Crippen molar-refractivity contribution in [1.82, 2.24) is 5.32 Å². The summed E-state index contributed by atoms with van der Waals surface area (Å²) in [5, 5.41) is 2.59. The SMILES string of the molecule is COC(=O)NC(C)[C@H](C)OC. The van der Waals surface area contributed by atoms with E-state index in [1.165, 1.54) is 7.11 Å². The normalized spacial score (nSPS) is 15.3. The lowest BCUT2D eigenvalue weighted by atomic mass is 10.2. The van der Waals surface area contributed by atoms with Crippen LogP contribution in [0.5, 0.6) is 0 Å². The molecule has 0 saturated heterocycles. The molecular formula is C7H15NO3. The first kappa shape index (κ1) is 10.2. The van der Waals surface area contributed by atoms with Crippen LogP contribution in [0, 0.1) is 0 Å². The summed E-state index contributed by atoms with van der Waals surface area (Å²) in [6.45, 7) is 3.73. The molecule has 0 saturated carbocycles. The lowest BCUT2D eigenvalue weighted by Gasteiger charge is -2.18. The zero-order chi connectivity index (χ0) is 8.85. The van der Waals surface area contributed by atoms with Gasteiger partial charge in [0, 0.05) is 7.11 Å². The Morgan fingerprint density at radius 3 is 2.27 bits per heavy atom. The number of hydrogen-bond acceptors (Lipinski definition) is 3. The van der Waals surface area contributed by atoms with Crippen LogP contribution in [0.1, 0.15) is 13.8 Å². The maximum Gasteiger partial charge on any atom is 0.407 e. The third kappa shape index (κ3) is 3.83. The maximum absolute atomic E-state index is 10.7. The molecule has 4 nitrogen and oxygen atoms in total. The van der Waals surface area contributed by atoms with Crippen LogP contribution in [0.2, 0.25) is 0 Å². The average molecular weight is 161 g/mol. The van der Waals surface area contributed by atoms with E-state index in [-0.39, 0.29) is 12.1 Å². The van der Waals surface area contributed by atoms with Gasteiger partial charge in [0.05, 0.1) is 19.3 Å². The molecule has 1 amide bonds. The van der Waals surface area contributed by atoms with Gasteiger partial charge in [0.15, 0.2) is 0 Å². The van der Waals surface area contributed by atoms with E-state index in [0.717, 1.165) is 0 Å². The Labute approximate surface area is 66.9 Å². The number of rotatable bonds is 3. The Hall–Kier alpha value is -0.770. The van der Waals surface area contributed by atoms with E-state index in [9.17, 15) is 4.79 Å². The van der Waals surface area contributed by atoms with E-state index < -0.39 is 6.09 Å². The zero-order valence-electron chi connectivity index (χ0n) is 7.38. The summed E-state index contributed by atoms with van der Waals surface area (Å²) in [4.78, 5) is 10.7. The standard InChI is InChI=1S/C7H15NO3/c1-5(6(2)10-3)8-7(9)11-4/h5-6H,1-4H3,(H,8,9)/t5?,6-/m0/s1. The Morgan fingerprint density at radius 1 is 1.36 bits per heavy atom. The number of carbonyl (C=O) groups is 1. The third-order valence-corrected chi connectivity index (χ3v) is 1.61. The minimum absolute atomic E-state index is 0.00546. The van der Waals surface area contributed by atoms with Gasteiger partial charge in [-0.3, -0.25) is 0 Å². The van der Waals surface area contributed by atoms with Crippen LogP contribution < -0.4 is 5.32 Å². The fraction of sp³-hybridized carbons (Fsp3) is 0.857. The van der Waals surface area contributed by atoms with E-state index in [2.05, 4.69) is 10.1 Å². The minimum atomic E-state index is -0.429. The van der Waals surface area contributed by atoms with Gasteiger partial charge < -0.3 is 14.8 Å². The number of amides is 1. The minimum Gasteiger partial charge on any atom is -0.453 e. The fourth-order valence-corrected chi connectivity index (χ4v) is 0.566. The monoisotopic (exact) mass is 161 g/mol. The van der Waals surface area contributed by atoms with Crippen molar-refractivity contribution < 1.29 is 14.3 Å². The molecule has 0 spiro atoms. The molecule has 0 aliphatic rings. The molecule has 0 radical (unpaired) electrons. The van der Waals surface area contributed by atoms with E-state index in [0.29, 0.717) is 0 Å². The first-order valence-corrected chi connectivity index (χ1v) is 3.49. The summed E-state index contributed by atoms with van der Waals surface area (Å²) in [5.74, 6) is 0. The number of methoxy groups -OCH3 is 2. The highest BCUT2D eigenvalue weighted by Gasteiger charge is 2.13. The summed E-state index contributed by atoms with van der Waals surface area (Å²) in [5.41, 5.74) is 0. The van der Waals surface area contributed by atoms with Crippen LogP contribution in [0.25, 0.3) is 0 Å². The molecule has 1 N–H and O–H groups in total. The van der Waals surface area contributed by atoms with Crippen molar-refractivity contribution in [3.63, 3.8) is 0 Å². The topological polar surface area (TPSA) is 47.6 Å². The van der Waals surface area contributed by atoms with Gasteiger partial charge in [0.25, 0.3) is 0 Å². The van der Waals surface area contributed by atoms with Gasteiger partial charge in [0.1, 0.15) is 0 Å². The molecule has 0 aromatic heterocycles. The van der Waals surface area contributed by atoms with Crippen LogP contribution in [-0.4, -0.2) is 32.5 Å². The molecule has 1 unspecified atom stereocenters. The Kier molecular flexibility index (Phi) is 4.61. The number of carbonyl (C=O) groups excluding carboxylic acids is 1. The largest absolute Gasteiger partial charge is 0.453 e. The van der Waals surface area contributed by atoms with Gasteiger partial charge in [-0.15, -0.1) is 0 Å². The highest BCUT2D eigenvalue weighted by Crippen LogP contribution is 1.95. The van der Waals surface area contributed by atoms with Crippen LogP contribution in [-0.2, 0) is 9.47 Å². The van der Waals surface area contributed by atoms with Gasteiger partial charge in [-0.2, -0.15) is 0 Å². The molecule has 0 fully saturated rings. The molecule has 4 heteroatoms. The Balaban J connectivity index is 3.67. The number of hydrogen-bond donors (Lipinski definition) is 1. The number of alkyl carbamates (subject to hydrolysis) is 1. The molecule has 0 bridgehead atoms. The summed E-state index contributed by atoms with van der Waals surface area (Å²) >= 11 is 0. The van der Waals surface area contributed by atoms with Gasteiger partial charge >= 0.3 is 6.09 Å². The molecule has 0 aliphatic carbocycles. The van der Waals surface area contributed by atoms with Crippen molar-refractivity contribution >= 4 is 6.09 Å². The van der Waals surface area contributed by atoms with Crippen LogP contribution >= 0.6 is 0 Å². The smallest absolute Gasteiger partial charge is 0.407 e. The van der Waals surface area contributed by atoms with Crippen LogP contribution in [0.15, 0.2) is 0 Å². The summed E-state index contributed by atoms with van der Waals surface area (Å²) in [6, 6.07) is -0.0348. The van der Waals surface area contributed by atoms with Crippen LogP contribution in [0.4, 0.5) is 4.79 Å². The van der Waals surface area contributed by atoms with E-state index in [1.807, 2.05) is 13.8 Å². The number of ether oxygens (including phenoxy) is 2. The van der Waals surface area contributed by atoms with Crippen molar-refractivity contribution in [3.05, 3.63) is 0 Å². The predicted molar refractivity (Wildman–Crippen MR) is 41.5 cm³/mol. The molecule has 0 rings (SSSR count). The Morgan fingerprint density at radius 2 is 1.91 bits per heavy atom. The lowest BCUT2D eigenvalue weighted by molar-refractivity contribution is 0.0843. The highest BCUT2D eigenvalue weighted by atomic mass is 16.5. The second-order valence-corrected chi connectivity index (χ2v) is 2.37. The summed E-state index contributed by atoms with van der Waals surface area (Å²) in [7, 11) is 2.93. The van der Waals surface area contributed by atoms with Gasteiger partial charge in [-0.05, 0) is 13.8 Å². The van der Waals surface area contributed by atoms with Crippen molar-refractivity contribution in [2.45, 2.75) is 26.0 Å². The Bertz CT molecular complexity index is 127.